The summed E-state index contributed by atoms with van der Waals surface area (Å²) in [7, 11) is 2.77. The van der Waals surface area contributed by atoms with Gasteiger partial charge >= 0.3 is 12.1 Å². The Labute approximate surface area is 213 Å². The second kappa shape index (κ2) is 11.3. The van der Waals surface area contributed by atoms with E-state index in [1.165, 1.54) is 19.2 Å². The number of nitrogens with zero attached hydrogens (tertiary/aromatic N) is 3. The summed E-state index contributed by atoms with van der Waals surface area (Å²) in [5.41, 5.74) is 0.0331. The standard InChI is InChI=1S/C25H30F2N4O4S/c1-24(2,3)35-22(32)28-15-9-14-25(17-10-7-6-8-11-17)31(23(33)30(4)34-5)29-21(36-25)19-16-18(26)12-13-20(19)27/h6-8,10-13,16H,9,14-15H2,1-5H3,(H,28,32)/t25-/m1/s1. The lowest BCUT2D eigenvalue weighted by Gasteiger charge is -2.37. The molecule has 0 saturated carbocycles. The highest BCUT2D eigenvalue weighted by atomic mass is 32.2. The maximum atomic E-state index is 14.7. The average Bonchev–Trinajstić information content (AvgIpc) is 3.22. The molecule has 0 aliphatic carbocycles. The van der Waals surface area contributed by atoms with Gasteiger partial charge in [0, 0.05) is 19.2 Å². The molecule has 8 nitrogen and oxygen atoms in total. The van der Waals surface area contributed by atoms with Crippen molar-refractivity contribution < 1.29 is 27.9 Å². The predicted molar refractivity (Wildman–Crippen MR) is 134 cm³/mol. The number of amides is 3. The number of hydrogen-bond acceptors (Lipinski definition) is 6. The van der Waals surface area contributed by atoms with Gasteiger partial charge in [0.2, 0.25) is 0 Å². The van der Waals surface area contributed by atoms with Crippen molar-refractivity contribution in [3.8, 4) is 0 Å². The largest absolute Gasteiger partial charge is 0.444 e. The van der Waals surface area contributed by atoms with Crippen LogP contribution in [0.4, 0.5) is 18.4 Å². The third-order valence-electron chi connectivity index (χ3n) is 5.27. The van der Waals surface area contributed by atoms with Gasteiger partial charge in [0.1, 0.15) is 27.2 Å². The van der Waals surface area contributed by atoms with Crippen LogP contribution in [0.15, 0.2) is 53.6 Å². The fourth-order valence-corrected chi connectivity index (χ4v) is 5.00. The lowest BCUT2D eigenvalue weighted by Crippen LogP contribution is -2.47. The molecule has 0 fully saturated rings. The maximum absolute atomic E-state index is 14.7. The van der Waals surface area contributed by atoms with Crippen molar-refractivity contribution in [2.45, 2.75) is 44.1 Å². The molecule has 3 rings (SSSR count). The van der Waals surface area contributed by atoms with E-state index in [9.17, 15) is 18.4 Å². The summed E-state index contributed by atoms with van der Waals surface area (Å²) in [5.74, 6) is -1.29. The van der Waals surface area contributed by atoms with Crippen LogP contribution in [0.25, 0.3) is 0 Å². The Morgan fingerprint density at radius 2 is 1.86 bits per heavy atom. The van der Waals surface area contributed by atoms with E-state index < -0.39 is 34.2 Å². The van der Waals surface area contributed by atoms with E-state index in [1.807, 2.05) is 30.3 Å². The van der Waals surface area contributed by atoms with Crippen molar-refractivity contribution >= 4 is 28.9 Å². The molecular weight excluding hydrogens is 490 g/mol. The van der Waals surface area contributed by atoms with Gasteiger partial charge in [-0.3, -0.25) is 4.84 Å². The minimum absolute atomic E-state index is 0.0532. The van der Waals surface area contributed by atoms with Gasteiger partial charge in [-0.15, -0.1) is 0 Å². The maximum Gasteiger partial charge on any atom is 0.407 e. The van der Waals surface area contributed by atoms with Crippen LogP contribution in [-0.2, 0) is 14.4 Å². The summed E-state index contributed by atoms with van der Waals surface area (Å²) >= 11 is 1.14. The smallest absolute Gasteiger partial charge is 0.407 e. The number of alkyl carbamates (subject to hydrolysis) is 1. The lowest BCUT2D eigenvalue weighted by atomic mass is 10.0. The van der Waals surface area contributed by atoms with Gasteiger partial charge in [-0.05, 0) is 57.4 Å². The minimum Gasteiger partial charge on any atom is -0.444 e. The first-order chi connectivity index (χ1) is 17.0. The number of halogens is 2. The zero-order chi connectivity index (χ0) is 26.5. The van der Waals surface area contributed by atoms with Crippen molar-refractivity contribution in [1.29, 1.82) is 0 Å². The summed E-state index contributed by atoms with van der Waals surface area (Å²) < 4.78 is 34.0. The molecule has 1 N–H and O–H groups in total. The molecule has 0 aromatic heterocycles. The van der Waals surface area contributed by atoms with Crippen molar-refractivity contribution in [3.05, 3.63) is 71.3 Å². The first-order valence-electron chi connectivity index (χ1n) is 11.3. The molecule has 2 aromatic carbocycles. The van der Waals surface area contributed by atoms with Crippen LogP contribution < -0.4 is 5.32 Å². The molecule has 3 amide bonds. The molecule has 36 heavy (non-hydrogen) atoms. The summed E-state index contributed by atoms with van der Waals surface area (Å²) in [6.45, 7) is 5.57. The highest BCUT2D eigenvalue weighted by molar-refractivity contribution is 8.15. The molecule has 1 aliphatic heterocycles. The zero-order valence-corrected chi connectivity index (χ0v) is 21.7. The fraction of sp³-hybridized carbons (Fsp3) is 0.400. The van der Waals surface area contributed by atoms with E-state index in [0.717, 1.165) is 40.6 Å². The van der Waals surface area contributed by atoms with Crippen LogP contribution in [0.5, 0.6) is 0 Å². The number of urea groups is 1. The van der Waals surface area contributed by atoms with E-state index in [-0.39, 0.29) is 17.2 Å². The molecule has 2 aromatic rings. The topological polar surface area (TPSA) is 83.5 Å². The van der Waals surface area contributed by atoms with E-state index in [0.29, 0.717) is 12.8 Å². The van der Waals surface area contributed by atoms with Crippen molar-refractivity contribution in [1.82, 2.24) is 15.4 Å². The molecule has 1 heterocycles. The zero-order valence-electron chi connectivity index (χ0n) is 20.9. The van der Waals surface area contributed by atoms with Gasteiger partial charge in [0.25, 0.3) is 0 Å². The number of rotatable bonds is 7. The monoisotopic (exact) mass is 520 g/mol. The molecule has 0 bridgehead atoms. The highest BCUT2D eigenvalue weighted by Gasteiger charge is 2.49. The Hall–Kier alpha value is -3.18. The Kier molecular flexibility index (Phi) is 8.57. The first-order valence-corrected chi connectivity index (χ1v) is 12.2. The molecule has 0 spiro atoms. The van der Waals surface area contributed by atoms with Gasteiger partial charge in [-0.2, -0.15) is 10.1 Å². The van der Waals surface area contributed by atoms with Crippen LogP contribution in [-0.4, -0.2) is 53.5 Å². The number of benzene rings is 2. The highest BCUT2D eigenvalue weighted by Crippen LogP contribution is 2.50. The van der Waals surface area contributed by atoms with Gasteiger partial charge in [-0.25, -0.2) is 23.4 Å². The Morgan fingerprint density at radius 3 is 2.50 bits per heavy atom. The van der Waals surface area contributed by atoms with Gasteiger partial charge < -0.3 is 10.1 Å². The number of ether oxygens (including phenoxy) is 1. The molecule has 0 radical (unpaired) electrons. The number of hydroxylamine groups is 2. The molecular formula is C25H30F2N4O4S. The third kappa shape index (κ3) is 6.33. The molecule has 194 valence electrons. The Morgan fingerprint density at radius 1 is 1.17 bits per heavy atom. The fourth-order valence-electron chi connectivity index (χ4n) is 3.59. The number of thioether (sulfide) groups is 1. The SMILES string of the molecule is CON(C)C(=O)N1N=C(c2cc(F)ccc2F)S[C@]1(CCCNC(=O)OC(C)(C)C)c1ccccc1. The van der Waals surface area contributed by atoms with E-state index in [2.05, 4.69) is 10.4 Å². The van der Waals surface area contributed by atoms with Crippen LogP contribution in [0.2, 0.25) is 0 Å². The quantitative estimate of drug-likeness (QED) is 0.388. The third-order valence-corrected chi connectivity index (χ3v) is 6.71. The normalized spacial score (nSPS) is 17.5. The van der Waals surface area contributed by atoms with Gasteiger partial charge in [0.15, 0.2) is 0 Å². The van der Waals surface area contributed by atoms with E-state index >= 15 is 0 Å². The van der Waals surface area contributed by atoms with E-state index in [1.54, 1.807) is 20.8 Å². The predicted octanol–water partition coefficient (Wildman–Crippen LogP) is 5.45. The molecule has 11 heteroatoms. The number of hydrazone groups is 1. The minimum atomic E-state index is -1.12. The van der Waals surface area contributed by atoms with E-state index in [4.69, 9.17) is 9.57 Å². The number of carbonyl (C=O) groups is 2. The van der Waals surface area contributed by atoms with Crippen LogP contribution >= 0.6 is 11.8 Å². The summed E-state index contributed by atoms with van der Waals surface area (Å²) in [6, 6.07) is 11.6. The Bertz CT molecular complexity index is 1130. The lowest BCUT2D eigenvalue weighted by molar-refractivity contribution is -0.0805. The first kappa shape index (κ1) is 27.4. The number of hydrogen-bond donors (Lipinski definition) is 1. The van der Waals surface area contributed by atoms with Gasteiger partial charge in [0.05, 0.1) is 7.11 Å². The number of carbonyl (C=O) groups excluding carboxylic acids is 2. The van der Waals surface area contributed by atoms with Crippen molar-refractivity contribution in [2.75, 3.05) is 20.7 Å². The van der Waals surface area contributed by atoms with Crippen LogP contribution in [0, 0.1) is 11.6 Å². The number of nitrogens with one attached hydrogen (secondary N) is 1. The Balaban J connectivity index is 1.96. The van der Waals surface area contributed by atoms with Crippen molar-refractivity contribution in [2.24, 2.45) is 5.10 Å². The molecule has 1 aliphatic rings. The van der Waals surface area contributed by atoms with Crippen molar-refractivity contribution in [3.63, 3.8) is 0 Å². The molecule has 0 unspecified atom stereocenters. The average molecular weight is 521 g/mol. The molecule has 1 atom stereocenters. The summed E-state index contributed by atoms with van der Waals surface area (Å²) in [6.07, 6.45) is 0.196. The van der Waals surface area contributed by atoms with Crippen LogP contribution in [0.1, 0.15) is 44.7 Å². The summed E-state index contributed by atoms with van der Waals surface area (Å²) in [4.78, 5) is 29.4. The summed E-state index contributed by atoms with van der Waals surface area (Å²) in [5, 5.41) is 9.54. The second-order valence-corrected chi connectivity index (χ2v) is 10.4. The van der Waals surface area contributed by atoms with Crippen LogP contribution in [0.3, 0.4) is 0 Å². The second-order valence-electron chi connectivity index (χ2n) is 9.09. The molecule has 0 saturated heterocycles. The van der Waals surface area contributed by atoms with Gasteiger partial charge in [-0.1, -0.05) is 42.1 Å².